The van der Waals surface area contributed by atoms with Crippen LogP contribution in [0.2, 0.25) is 5.02 Å². The summed E-state index contributed by atoms with van der Waals surface area (Å²) < 4.78 is 26.4. The fourth-order valence-corrected chi connectivity index (χ4v) is 4.12. The lowest BCUT2D eigenvalue weighted by atomic mass is 10.2. The van der Waals surface area contributed by atoms with E-state index in [0.29, 0.717) is 19.7 Å². The van der Waals surface area contributed by atoms with Gasteiger partial charge in [0.2, 0.25) is 10.0 Å². The van der Waals surface area contributed by atoms with Crippen LogP contribution in [0.15, 0.2) is 23.1 Å². The number of amides is 1. The number of hydroxylamine groups is 1. The lowest BCUT2D eigenvalue weighted by Gasteiger charge is -2.17. The molecule has 1 aromatic carbocycles. The quantitative estimate of drug-likeness (QED) is 0.834. The molecule has 0 spiro atoms. The minimum Gasteiger partial charge on any atom is -0.274 e. The van der Waals surface area contributed by atoms with Crippen LogP contribution < -0.4 is 5.48 Å². The predicted molar refractivity (Wildman–Crippen MR) is 78.5 cm³/mol. The summed E-state index contributed by atoms with van der Waals surface area (Å²) in [5.41, 5.74) is 2.41. The van der Waals surface area contributed by atoms with Gasteiger partial charge in [0.25, 0.3) is 5.91 Å². The molecule has 8 heteroatoms. The Hall–Kier alpha value is -1.15. The average molecular weight is 333 g/mol. The largest absolute Gasteiger partial charge is 0.274 e. The molecule has 0 atom stereocenters. The Balaban J connectivity index is 2.33. The molecule has 1 aromatic rings. The molecular weight excluding hydrogens is 316 g/mol. The summed E-state index contributed by atoms with van der Waals surface area (Å²) in [5.74, 6) is -0.508. The number of halogens is 1. The second-order valence-corrected chi connectivity index (χ2v) is 6.93. The van der Waals surface area contributed by atoms with Gasteiger partial charge in [-0.2, -0.15) is 4.31 Å². The zero-order valence-electron chi connectivity index (χ0n) is 11.6. The second-order valence-electron chi connectivity index (χ2n) is 4.62. The van der Waals surface area contributed by atoms with Gasteiger partial charge in [-0.3, -0.25) is 9.63 Å². The minimum absolute atomic E-state index is 0.0461. The molecular formula is C13H17ClN2O4S. The fourth-order valence-electron chi connectivity index (χ4n) is 2.11. The topological polar surface area (TPSA) is 75.7 Å². The van der Waals surface area contributed by atoms with Crippen molar-refractivity contribution in [2.75, 3.05) is 19.7 Å². The van der Waals surface area contributed by atoms with Crippen LogP contribution in [0.4, 0.5) is 0 Å². The standard InChI is InChI=1S/C13H17ClN2O4S/c1-2-20-15-13(17)10-5-6-11(14)12(9-10)21(18,19)16-7-3-4-8-16/h5-6,9H,2-4,7-8H2,1H3,(H,15,17). The molecule has 1 heterocycles. The Bertz CT molecular complexity index is 627. The number of nitrogens with zero attached hydrogens (tertiary/aromatic N) is 1. The van der Waals surface area contributed by atoms with E-state index in [0.717, 1.165) is 12.8 Å². The highest BCUT2D eigenvalue weighted by molar-refractivity contribution is 7.89. The first-order chi connectivity index (χ1) is 9.96. The Labute approximate surface area is 129 Å². The van der Waals surface area contributed by atoms with E-state index in [-0.39, 0.29) is 15.5 Å². The van der Waals surface area contributed by atoms with Gasteiger partial charge >= 0.3 is 0 Å². The highest BCUT2D eigenvalue weighted by Gasteiger charge is 2.29. The molecule has 6 nitrogen and oxygen atoms in total. The van der Waals surface area contributed by atoms with E-state index >= 15 is 0 Å². The van der Waals surface area contributed by atoms with Crippen LogP contribution in [-0.2, 0) is 14.9 Å². The summed E-state index contributed by atoms with van der Waals surface area (Å²) in [6.07, 6.45) is 1.67. The van der Waals surface area contributed by atoms with E-state index in [1.807, 2.05) is 0 Å². The summed E-state index contributed by atoms with van der Waals surface area (Å²) in [5, 5.41) is 0.106. The van der Waals surface area contributed by atoms with Gasteiger partial charge in [-0.15, -0.1) is 0 Å². The molecule has 1 fully saturated rings. The highest BCUT2D eigenvalue weighted by Crippen LogP contribution is 2.28. The van der Waals surface area contributed by atoms with Crippen LogP contribution in [0, 0.1) is 0 Å². The first-order valence-corrected chi connectivity index (χ1v) is 8.50. The molecule has 21 heavy (non-hydrogen) atoms. The molecule has 1 N–H and O–H groups in total. The van der Waals surface area contributed by atoms with Crippen molar-refractivity contribution in [3.8, 4) is 0 Å². The van der Waals surface area contributed by atoms with Gasteiger partial charge in [0.15, 0.2) is 0 Å². The molecule has 1 saturated heterocycles. The number of benzene rings is 1. The zero-order chi connectivity index (χ0) is 15.5. The molecule has 1 aliphatic rings. The average Bonchev–Trinajstić information content (AvgIpc) is 3.00. The number of hydrogen-bond donors (Lipinski definition) is 1. The van der Waals surface area contributed by atoms with Gasteiger partial charge in [0.05, 0.1) is 11.6 Å². The lowest BCUT2D eigenvalue weighted by molar-refractivity contribution is 0.0364. The van der Waals surface area contributed by atoms with Crippen molar-refractivity contribution in [2.45, 2.75) is 24.7 Å². The van der Waals surface area contributed by atoms with Gasteiger partial charge in [-0.05, 0) is 38.0 Å². The number of sulfonamides is 1. The smallest absolute Gasteiger partial charge is 0.274 e. The van der Waals surface area contributed by atoms with E-state index in [1.54, 1.807) is 6.92 Å². The number of rotatable bonds is 5. The van der Waals surface area contributed by atoms with E-state index in [9.17, 15) is 13.2 Å². The minimum atomic E-state index is -3.67. The molecule has 0 radical (unpaired) electrons. The van der Waals surface area contributed by atoms with Crippen LogP contribution in [0.5, 0.6) is 0 Å². The Morgan fingerprint density at radius 2 is 2.05 bits per heavy atom. The summed E-state index contributed by atoms with van der Waals surface area (Å²) in [4.78, 5) is 16.6. The first kappa shape index (κ1) is 16.2. The van der Waals surface area contributed by atoms with Gasteiger partial charge in [0, 0.05) is 18.7 Å². The summed E-state index contributed by atoms with van der Waals surface area (Å²) in [6.45, 7) is 3.01. The number of carbonyl (C=O) groups is 1. The maximum absolute atomic E-state index is 12.5. The van der Waals surface area contributed by atoms with Crippen molar-refractivity contribution >= 4 is 27.5 Å². The molecule has 116 valence electrons. The molecule has 0 saturated carbocycles. The van der Waals surface area contributed by atoms with Gasteiger partial charge in [0.1, 0.15) is 4.90 Å². The number of nitrogens with one attached hydrogen (secondary N) is 1. The van der Waals surface area contributed by atoms with Crippen LogP contribution in [0.1, 0.15) is 30.1 Å². The maximum atomic E-state index is 12.5. The SMILES string of the molecule is CCONC(=O)c1ccc(Cl)c(S(=O)(=O)N2CCCC2)c1. The van der Waals surface area contributed by atoms with Crippen molar-refractivity contribution in [1.82, 2.24) is 9.79 Å². The number of hydrogen-bond acceptors (Lipinski definition) is 4. The van der Waals surface area contributed by atoms with Gasteiger partial charge < -0.3 is 0 Å². The van der Waals surface area contributed by atoms with Crippen molar-refractivity contribution in [3.05, 3.63) is 28.8 Å². The maximum Gasteiger partial charge on any atom is 0.274 e. The highest BCUT2D eigenvalue weighted by atomic mass is 35.5. The van der Waals surface area contributed by atoms with Crippen LogP contribution >= 0.6 is 11.6 Å². The summed E-state index contributed by atoms with van der Waals surface area (Å²) in [7, 11) is -3.67. The van der Waals surface area contributed by atoms with Crippen LogP contribution in [-0.4, -0.2) is 38.3 Å². The Morgan fingerprint density at radius 1 is 1.38 bits per heavy atom. The molecule has 1 amide bonds. The molecule has 0 aliphatic carbocycles. The third-order valence-electron chi connectivity index (χ3n) is 3.19. The van der Waals surface area contributed by atoms with Crippen LogP contribution in [0.3, 0.4) is 0 Å². The second kappa shape index (κ2) is 6.74. The molecule has 0 aromatic heterocycles. The zero-order valence-corrected chi connectivity index (χ0v) is 13.2. The Morgan fingerprint density at radius 3 is 2.67 bits per heavy atom. The predicted octanol–water partition coefficient (Wildman–Crippen LogP) is 1.81. The molecule has 1 aliphatic heterocycles. The summed E-state index contributed by atoms with van der Waals surface area (Å²) in [6, 6.07) is 4.15. The monoisotopic (exact) mass is 332 g/mol. The van der Waals surface area contributed by atoms with Gasteiger partial charge in [-0.1, -0.05) is 11.6 Å². The molecule has 2 rings (SSSR count). The first-order valence-electron chi connectivity index (χ1n) is 6.68. The molecule has 0 bridgehead atoms. The van der Waals surface area contributed by atoms with Crippen molar-refractivity contribution in [2.24, 2.45) is 0 Å². The normalized spacial score (nSPS) is 16.1. The third kappa shape index (κ3) is 3.55. The van der Waals surface area contributed by atoms with Crippen LogP contribution in [0.25, 0.3) is 0 Å². The summed E-state index contributed by atoms with van der Waals surface area (Å²) >= 11 is 6.00. The van der Waals surface area contributed by atoms with Crippen molar-refractivity contribution in [1.29, 1.82) is 0 Å². The van der Waals surface area contributed by atoms with E-state index < -0.39 is 15.9 Å². The number of carbonyl (C=O) groups excluding carboxylic acids is 1. The lowest BCUT2D eigenvalue weighted by Crippen LogP contribution is -2.29. The van der Waals surface area contributed by atoms with E-state index in [1.165, 1.54) is 22.5 Å². The van der Waals surface area contributed by atoms with Gasteiger partial charge in [-0.25, -0.2) is 13.9 Å². The van der Waals surface area contributed by atoms with Crippen molar-refractivity contribution < 1.29 is 18.0 Å². The Kier molecular flexibility index (Phi) is 5.21. The van der Waals surface area contributed by atoms with Crippen molar-refractivity contribution in [3.63, 3.8) is 0 Å². The fraction of sp³-hybridized carbons (Fsp3) is 0.462. The van der Waals surface area contributed by atoms with E-state index in [2.05, 4.69) is 5.48 Å². The molecule has 0 unspecified atom stereocenters. The van der Waals surface area contributed by atoms with E-state index in [4.69, 9.17) is 16.4 Å². The third-order valence-corrected chi connectivity index (χ3v) is 5.57.